The molecule has 1 amide bonds. The molecule has 0 saturated heterocycles. The predicted molar refractivity (Wildman–Crippen MR) is 85.4 cm³/mol. The zero-order chi connectivity index (χ0) is 15.5. The molecule has 3 aliphatic rings. The molecule has 3 heteroatoms. The zero-order valence-electron chi connectivity index (χ0n) is 13.9. The molecule has 3 nitrogen and oxygen atoms in total. The molecule has 0 radical (unpaired) electrons. The highest BCUT2D eigenvalue weighted by Gasteiger charge is 2.44. The van der Waals surface area contributed by atoms with Crippen molar-refractivity contribution in [3.63, 3.8) is 0 Å². The number of amides is 1. The van der Waals surface area contributed by atoms with Gasteiger partial charge in [-0.2, -0.15) is 0 Å². The Balaban J connectivity index is 1.53. The molecule has 1 N–H and O–H groups in total. The van der Waals surface area contributed by atoms with E-state index in [4.69, 9.17) is 4.42 Å². The highest BCUT2D eigenvalue weighted by molar-refractivity contribution is 5.80. The van der Waals surface area contributed by atoms with Crippen molar-refractivity contribution in [2.24, 2.45) is 23.2 Å². The summed E-state index contributed by atoms with van der Waals surface area (Å²) in [5.41, 5.74) is 1.40. The van der Waals surface area contributed by atoms with Crippen LogP contribution in [-0.2, 0) is 11.2 Å². The molecule has 2 saturated carbocycles. The predicted octanol–water partition coefficient (Wildman–Crippen LogP) is 4.15. The van der Waals surface area contributed by atoms with Gasteiger partial charge in [0, 0.05) is 17.9 Å². The first-order chi connectivity index (χ1) is 10.4. The number of fused-ring (bicyclic) bond motifs is 3. The van der Waals surface area contributed by atoms with Crippen molar-refractivity contribution in [1.29, 1.82) is 0 Å². The van der Waals surface area contributed by atoms with E-state index in [1.807, 2.05) is 6.92 Å². The lowest BCUT2D eigenvalue weighted by Gasteiger charge is -2.35. The first kappa shape index (κ1) is 14.3. The Morgan fingerprint density at radius 2 is 2.14 bits per heavy atom. The molecule has 0 spiro atoms. The topological polar surface area (TPSA) is 42.2 Å². The maximum atomic E-state index is 12.8. The van der Waals surface area contributed by atoms with E-state index < -0.39 is 0 Å². The van der Waals surface area contributed by atoms with Gasteiger partial charge in [0.05, 0.1) is 6.04 Å². The number of aryl methyl sites for hydroxylation is 1. The SMILES string of the molecule is Cc1cc2c(o1)CC(C)(C)C[C@@H]2NC(=O)[C@H]1C[C@H]2CC[C@H]1C2. The van der Waals surface area contributed by atoms with Gasteiger partial charge in [-0.25, -0.2) is 0 Å². The minimum atomic E-state index is 0.128. The third kappa shape index (κ3) is 2.39. The van der Waals surface area contributed by atoms with Crippen LogP contribution in [0.1, 0.15) is 69.1 Å². The molecule has 1 aromatic heterocycles. The van der Waals surface area contributed by atoms with Gasteiger partial charge in [0.2, 0.25) is 5.91 Å². The van der Waals surface area contributed by atoms with E-state index in [1.54, 1.807) is 0 Å². The lowest BCUT2D eigenvalue weighted by Crippen LogP contribution is -2.40. The smallest absolute Gasteiger partial charge is 0.223 e. The number of rotatable bonds is 2. The summed E-state index contributed by atoms with van der Waals surface area (Å²) in [5, 5.41) is 3.37. The Kier molecular flexibility index (Phi) is 3.18. The number of carbonyl (C=O) groups is 1. The van der Waals surface area contributed by atoms with Crippen molar-refractivity contribution >= 4 is 5.91 Å². The third-order valence-electron chi connectivity index (χ3n) is 6.13. The Morgan fingerprint density at radius 1 is 1.32 bits per heavy atom. The third-order valence-corrected chi connectivity index (χ3v) is 6.13. The summed E-state index contributed by atoms with van der Waals surface area (Å²) < 4.78 is 5.88. The van der Waals surface area contributed by atoms with E-state index in [2.05, 4.69) is 25.2 Å². The molecular formula is C19H27NO2. The average Bonchev–Trinajstić information content (AvgIpc) is 3.11. The molecule has 0 unspecified atom stereocenters. The van der Waals surface area contributed by atoms with Gasteiger partial charge in [0.25, 0.3) is 0 Å². The Bertz CT molecular complexity index is 601. The summed E-state index contributed by atoms with van der Waals surface area (Å²) >= 11 is 0. The van der Waals surface area contributed by atoms with Crippen molar-refractivity contribution in [3.05, 3.63) is 23.2 Å². The van der Waals surface area contributed by atoms with Gasteiger partial charge in [-0.1, -0.05) is 20.3 Å². The van der Waals surface area contributed by atoms with Gasteiger partial charge in [0.1, 0.15) is 11.5 Å². The molecule has 3 aliphatic carbocycles. The maximum Gasteiger partial charge on any atom is 0.223 e. The van der Waals surface area contributed by atoms with Crippen LogP contribution in [0.3, 0.4) is 0 Å². The van der Waals surface area contributed by atoms with Crippen molar-refractivity contribution in [3.8, 4) is 0 Å². The minimum absolute atomic E-state index is 0.128. The molecule has 0 aliphatic heterocycles. The monoisotopic (exact) mass is 301 g/mol. The molecule has 0 aromatic carbocycles. The number of hydrogen-bond acceptors (Lipinski definition) is 2. The van der Waals surface area contributed by atoms with E-state index in [0.717, 1.165) is 36.7 Å². The molecule has 4 rings (SSSR count). The fraction of sp³-hybridized carbons (Fsp3) is 0.737. The number of furan rings is 1. The number of carbonyl (C=O) groups excluding carboxylic acids is 1. The summed E-state index contributed by atoms with van der Waals surface area (Å²) in [5.74, 6) is 4.05. The van der Waals surface area contributed by atoms with E-state index in [0.29, 0.717) is 11.8 Å². The summed E-state index contributed by atoms with van der Waals surface area (Å²) in [6.07, 6.45) is 6.97. The van der Waals surface area contributed by atoms with E-state index in [-0.39, 0.29) is 17.4 Å². The van der Waals surface area contributed by atoms with Crippen LogP contribution in [0.15, 0.2) is 10.5 Å². The molecule has 4 atom stereocenters. The van der Waals surface area contributed by atoms with Crippen LogP contribution in [0.2, 0.25) is 0 Å². The van der Waals surface area contributed by atoms with E-state index in [1.165, 1.54) is 24.8 Å². The van der Waals surface area contributed by atoms with Crippen molar-refractivity contribution < 1.29 is 9.21 Å². The second kappa shape index (κ2) is 4.87. The van der Waals surface area contributed by atoms with E-state index >= 15 is 0 Å². The van der Waals surface area contributed by atoms with Gasteiger partial charge in [-0.3, -0.25) is 4.79 Å². The van der Waals surface area contributed by atoms with Crippen LogP contribution in [0.5, 0.6) is 0 Å². The number of nitrogens with one attached hydrogen (secondary N) is 1. The minimum Gasteiger partial charge on any atom is -0.466 e. The maximum absolute atomic E-state index is 12.8. The second-order valence-corrected chi connectivity index (χ2v) is 8.62. The number of hydrogen-bond donors (Lipinski definition) is 1. The first-order valence-corrected chi connectivity index (χ1v) is 8.81. The van der Waals surface area contributed by atoms with Crippen molar-refractivity contribution in [2.45, 2.75) is 65.3 Å². The summed E-state index contributed by atoms with van der Waals surface area (Å²) in [6, 6.07) is 2.25. The van der Waals surface area contributed by atoms with Crippen LogP contribution >= 0.6 is 0 Å². The van der Waals surface area contributed by atoms with Crippen LogP contribution in [-0.4, -0.2) is 5.91 Å². The quantitative estimate of drug-likeness (QED) is 0.891. The molecule has 2 fully saturated rings. The molecular weight excluding hydrogens is 274 g/mol. The molecule has 1 heterocycles. The van der Waals surface area contributed by atoms with Gasteiger partial charge in [-0.05, 0) is 55.9 Å². The highest BCUT2D eigenvalue weighted by atomic mass is 16.3. The van der Waals surface area contributed by atoms with E-state index in [9.17, 15) is 4.79 Å². The van der Waals surface area contributed by atoms with Crippen LogP contribution < -0.4 is 5.32 Å². The summed E-state index contributed by atoms with van der Waals surface area (Å²) in [7, 11) is 0. The Labute approximate surface area is 132 Å². The largest absolute Gasteiger partial charge is 0.466 e. The summed E-state index contributed by atoms with van der Waals surface area (Å²) in [6.45, 7) is 6.54. The molecule has 22 heavy (non-hydrogen) atoms. The van der Waals surface area contributed by atoms with Crippen molar-refractivity contribution in [1.82, 2.24) is 5.32 Å². The van der Waals surface area contributed by atoms with Crippen molar-refractivity contribution in [2.75, 3.05) is 0 Å². The van der Waals surface area contributed by atoms with Crippen LogP contribution in [0, 0.1) is 30.1 Å². The molecule has 1 aromatic rings. The fourth-order valence-corrected chi connectivity index (χ4v) is 5.16. The van der Waals surface area contributed by atoms with Gasteiger partial charge in [0.15, 0.2) is 0 Å². The zero-order valence-corrected chi connectivity index (χ0v) is 13.9. The Hall–Kier alpha value is -1.25. The normalized spacial score (nSPS) is 35.4. The van der Waals surface area contributed by atoms with Gasteiger partial charge >= 0.3 is 0 Å². The lowest BCUT2D eigenvalue weighted by molar-refractivity contribution is -0.127. The summed E-state index contributed by atoms with van der Waals surface area (Å²) in [4.78, 5) is 12.8. The molecule has 120 valence electrons. The van der Waals surface area contributed by atoms with Crippen LogP contribution in [0.25, 0.3) is 0 Å². The van der Waals surface area contributed by atoms with Gasteiger partial charge in [-0.15, -0.1) is 0 Å². The first-order valence-electron chi connectivity index (χ1n) is 8.81. The van der Waals surface area contributed by atoms with Crippen LogP contribution in [0.4, 0.5) is 0 Å². The average molecular weight is 301 g/mol. The fourth-order valence-electron chi connectivity index (χ4n) is 5.16. The highest BCUT2D eigenvalue weighted by Crippen LogP contribution is 2.49. The second-order valence-electron chi connectivity index (χ2n) is 8.62. The Morgan fingerprint density at radius 3 is 2.82 bits per heavy atom. The lowest BCUT2D eigenvalue weighted by atomic mass is 9.74. The molecule has 2 bridgehead atoms. The van der Waals surface area contributed by atoms with Gasteiger partial charge < -0.3 is 9.73 Å². The standard InChI is InChI=1S/C19H27NO2/c1-11-6-15-16(9-19(2,3)10-17(15)22-11)20-18(21)14-8-12-4-5-13(14)7-12/h6,12-14,16H,4-5,7-10H2,1-3H3,(H,20,21)/t12-,13-,14-,16-/m0/s1.